The molecule has 7 heteroatoms. The van der Waals surface area contributed by atoms with Gasteiger partial charge in [-0.3, -0.25) is 4.79 Å². The van der Waals surface area contributed by atoms with E-state index in [1.54, 1.807) is 29.2 Å². The molecule has 0 saturated heterocycles. The summed E-state index contributed by atoms with van der Waals surface area (Å²) in [4.78, 5) is 33.1. The van der Waals surface area contributed by atoms with Crippen molar-refractivity contribution in [1.29, 1.82) is 0 Å². The standard InChI is InChI=1S/C26H33ClN4O2/c1-5-30(6-2)13-8-14-31(26(33)28-23-10-7-9-22(27)16-23)17-21-15-20-12-11-18(3)19(4)24(20)29-25(21)32/h7,9-12,15-16H,5-6,8,13-14,17H2,1-4H3,(H,28,33)(H,29,32). The Morgan fingerprint density at radius 3 is 2.52 bits per heavy atom. The van der Waals surface area contributed by atoms with Crippen molar-refractivity contribution in [2.75, 3.05) is 31.5 Å². The van der Waals surface area contributed by atoms with Crippen LogP contribution in [0.15, 0.2) is 47.3 Å². The van der Waals surface area contributed by atoms with Gasteiger partial charge in [-0.2, -0.15) is 0 Å². The Morgan fingerprint density at radius 2 is 1.82 bits per heavy atom. The van der Waals surface area contributed by atoms with Crippen LogP contribution in [0.25, 0.3) is 10.9 Å². The molecule has 0 saturated carbocycles. The predicted molar refractivity (Wildman–Crippen MR) is 137 cm³/mol. The number of aromatic nitrogens is 1. The first kappa shape index (κ1) is 24.8. The van der Waals surface area contributed by atoms with E-state index in [0.717, 1.165) is 48.1 Å². The molecule has 0 spiro atoms. The van der Waals surface area contributed by atoms with Gasteiger partial charge in [0.15, 0.2) is 0 Å². The molecular weight excluding hydrogens is 436 g/mol. The molecule has 0 aliphatic heterocycles. The first-order valence-electron chi connectivity index (χ1n) is 11.5. The van der Waals surface area contributed by atoms with Crippen molar-refractivity contribution in [1.82, 2.24) is 14.8 Å². The van der Waals surface area contributed by atoms with Gasteiger partial charge in [-0.1, -0.05) is 43.6 Å². The van der Waals surface area contributed by atoms with Crippen LogP contribution in [0.3, 0.4) is 0 Å². The molecule has 0 fully saturated rings. The Balaban J connectivity index is 1.85. The van der Waals surface area contributed by atoms with E-state index in [0.29, 0.717) is 22.8 Å². The molecule has 0 aliphatic carbocycles. The van der Waals surface area contributed by atoms with Crippen LogP contribution < -0.4 is 10.9 Å². The van der Waals surface area contributed by atoms with Gasteiger partial charge in [0.25, 0.3) is 5.56 Å². The Kier molecular flexibility index (Phi) is 8.53. The molecule has 0 aliphatic rings. The molecule has 3 aromatic rings. The predicted octanol–water partition coefficient (Wildman–Crippen LogP) is 5.56. The number of carbonyl (C=O) groups excluding carboxylic acids is 1. The number of urea groups is 1. The van der Waals surface area contributed by atoms with Gasteiger partial charge in [0.2, 0.25) is 0 Å². The lowest BCUT2D eigenvalue weighted by Gasteiger charge is -2.25. The molecule has 0 unspecified atom stereocenters. The fraction of sp³-hybridized carbons (Fsp3) is 0.385. The monoisotopic (exact) mass is 468 g/mol. The molecule has 2 aromatic carbocycles. The van der Waals surface area contributed by atoms with Crippen LogP contribution in [0.4, 0.5) is 10.5 Å². The Bertz CT molecular complexity index is 1170. The van der Waals surface area contributed by atoms with Crippen molar-refractivity contribution in [2.24, 2.45) is 0 Å². The number of rotatable bonds is 9. The van der Waals surface area contributed by atoms with Crippen molar-refractivity contribution in [2.45, 2.75) is 40.7 Å². The SMILES string of the molecule is CCN(CC)CCCN(Cc1cc2ccc(C)c(C)c2[nH]c1=O)C(=O)Nc1cccc(Cl)c1. The minimum Gasteiger partial charge on any atom is -0.321 e. The van der Waals surface area contributed by atoms with Gasteiger partial charge in [0, 0.05) is 22.8 Å². The third kappa shape index (κ3) is 6.36. The molecule has 33 heavy (non-hydrogen) atoms. The van der Waals surface area contributed by atoms with Crippen molar-refractivity contribution >= 4 is 34.2 Å². The number of H-pyrrole nitrogens is 1. The normalized spacial score (nSPS) is 11.2. The number of nitrogens with one attached hydrogen (secondary N) is 2. The van der Waals surface area contributed by atoms with Crippen molar-refractivity contribution in [3.8, 4) is 0 Å². The fourth-order valence-electron chi connectivity index (χ4n) is 3.94. The summed E-state index contributed by atoms with van der Waals surface area (Å²) in [5.74, 6) is 0. The third-order valence-electron chi connectivity index (χ3n) is 6.15. The van der Waals surface area contributed by atoms with E-state index in [9.17, 15) is 9.59 Å². The zero-order valence-electron chi connectivity index (χ0n) is 19.9. The number of aryl methyl sites for hydroxylation is 2. The van der Waals surface area contributed by atoms with E-state index in [-0.39, 0.29) is 18.1 Å². The van der Waals surface area contributed by atoms with Crippen LogP contribution in [0, 0.1) is 13.8 Å². The molecule has 3 rings (SSSR count). The maximum absolute atomic E-state index is 13.2. The summed E-state index contributed by atoms with van der Waals surface area (Å²) in [7, 11) is 0. The van der Waals surface area contributed by atoms with E-state index in [1.165, 1.54) is 0 Å². The maximum atomic E-state index is 13.2. The second kappa shape index (κ2) is 11.3. The minimum absolute atomic E-state index is 0.166. The van der Waals surface area contributed by atoms with Gasteiger partial charge in [0.05, 0.1) is 12.1 Å². The van der Waals surface area contributed by atoms with E-state index in [2.05, 4.69) is 29.0 Å². The van der Waals surface area contributed by atoms with Gasteiger partial charge in [-0.25, -0.2) is 4.79 Å². The molecule has 2 amide bonds. The molecular formula is C26H33ClN4O2. The number of benzene rings is 2. The smallest absolute Gasteiger partial charge is 0.321 e. The average Bonchev–Trinajstić information content (AvgIpc) is 2.79. The topological polar surface area (TPSA) is 68.4 Å². The summed E-state index contributed by atoms with van der Waals surface area (Å²) in [5.41, 5.74) is 4.06. The second-order valence-corrected chi connectivity index (χ2v) is 8.77. The zero-order valence-corrected chi connectivity index (χ0v) is 20.6. The number of hydrogen-bond acceptors (Lipinski definition) is 3. The van der Waals surface area contributed by atoms with Crippen LogP contribution >= 0.6 is 11.6 Å². The fourth-order valence-corrected chi connectivity index (χ4v) is 4.13. The van der Waals surface area contributed by atoms with Crippen LogP contribution in [0.1, 0.15) is 37.0 Å². The van der Waals surface area contributed by atoms with Crippen LogP contribution in [-0.2, 0) is 6.54 Å². The van der Waals surface area contributed by atoms with Crippen LogP contribution in [0.2, 0.25) is 5.02 Å². The van der Waals surface area contributed by atoms with E-state index in [4.69, 9.17) is 11.6 Å². The molecule has 0 bridgehead atoms. The summed E-state index contributed by atoms with van der Waals surface area (Å²) in [6.45, 7) is 11.9. The van der Waals surface area contributed by atoms with Crippen LogP contribution in [-0.4, -0.2) is 47.0 Å². The summed E-state index contributed by atoms with van der Waals surface area (Å²) in [6, 6.07) is 12.8. The number of anilines is 1. The molecule has 1 heterocycles. The van der Waals surface area contributed by atoms with Gasteiger partial charge in [-0.15, -0.1) is 0 Å². The largest absolute Gasteiger partial charge is 0.322 e. The summed E-state index contributed by atoms with van der Waals surface area (Å²) in [6.07, 6.45) is 0.814. The maximum Gasteiger partial charge on any atom is 0.322 e. The average molecular weight is 469 g/mol. The van der Waals surface area contributed by atoms with E-state index >= 15 is 0 Å². The van der Waals surface area contributed by atoms with Crippen molar-refractivity contribution in [3.63, 3.8) is 0 Å². The lowest BCUT2D eigenvalue weighted by atomic mass is 10.0. The van der Waals surface area contributed by atoms with Gasteiger partial charge in [0.1, 0.15) is 0 Å². The van der Waals surface area contributed by atoms with E-state index in [1.807, 2.05) is 32.0 Å². The number of aromatic amines is 1. The number of fused-ring (bicyclic) bond motifs is 1. The quantitative estimate of drug-likeness (QED) is 0.431. The molecule has 0 radical (unpaired) electrons. The first-order valence-corrected chi connectivity index (χ1v) is 11.9. The van der Waals surface area contributed by atoms with Crippen molar-refractivity contribution in [3.05, 3.63) is 74.5 Å². The molecule has 0 atom stereocenters. The molecule has 6 nitrogen and oxygen atoms in total. The first-order chi connectivity index (χ1) is 15.8. The number of nitrogens with zero attached hydrogens (tertiary/aromatic N) is 2. The number of amides is 2. The highest BCUT2D eigenvalue weighted by Gasteiger charge is 2.17. The number of carbonyl (C=O) groups is 1. The highest BCUT2D eigenvalue weighted by molar-refractivity contribution is 6.30. The molecule has 1 aromatic heterocycles. The summed E-state index contributed by atoms with van der Waals surface area (Å²) < 4.78 is 0. The molecule has 2 N–H and O–H groups in total. The Labute approximate surface area is 200 Å². The number of halogens is 1. The Hall–Kier alpha value is -2.83. The number of pyridine rings is 1. The third-order valence-corrected chi connectivity index (χ3v) is 6.38. The second-order valence-electron chi connectivity index (χ2n) is 8.34. The van der Waals surface area contributed by atoms with Crippen LogP contribution in [0.5, 0.6) is 0 Å². The lowest BCUT2D eigenvalue weighted by molar-refractivity contribution is 0.202. The molecule has 176 valence electrons. The van der Waals surface area contributed by atoms with Gasteiger partial charge in [-0.05, 0) is 80.7 Å². The highest BCUT2D eigenvalue weighted by atomic mass is 35.5. The lowest BCUT2D eigenvalue weighted by Crippen LogP contribution is -2.38. The van der Waals surface area contributed by atoms with Gasteiger partial charge < -0.3 is 20.1 Å². The summed E-state index contributed by atoms with van der Waals surface area (Å²) in [5, 5.41) is 4.44. The van der Waals surface area contributed by atoms with Crippen molar-refractivity contribution < 1.29 is 4.79 Å². The Morgan fingerprint density at radius 1 is 1.06 bits per heavy atom. The zero-order chi connectivity index (χ0) is 24.0. The van der Waals surface area contributed by atoms with E-state index < -0.39 is 0 Å². The highest BCUT2D eigenvalue weighted by Crippen LogP contribution is 2.20. The number of hydrogen-bond donors (Lipinski definition) is 2. The summed E-state index contributed by atoms with van der Waals surface area (Å²) >= 11 is 6.07. The van der Waals surface area contributed by atoms with Gasteiger partial charge >= 0.3 is 6.03 Å². The minimum atomic E-state index is -0.253.